The van der Waals surface area contributed by atoms with Crippen LogP contribution in [0.15, 0.2) is 30.6 Å². The molecule has 0 amide bonds. The van der Waals surface area contributed by atoms with Crippen LogP contribution in [0.25, 0.3) is 0 Å². The zero-order chi connectivity index (χ0) is 14.7. The summed E-state index contributed by atoms with van der Waals surface area (Å²) in [6.07, 6.45) is 4.67. The van der Waals surface area contributed by atoms with E-state index in [9.17, 15) is 0 Å². The maximum absolute atomic E-state index is 6.33. The Morgan fingerprint density at radius 1 is 1.45 bits per heavy atom. The summed E-state index contributed by atoms with van der Waals surface area (Å²) >= 11 is 6.33. The Balaban J connectivity index is 2.24. The van der Waals surface area contributed by atoms with Crippen LogP contribution in [0, 0.1) is 0 Å². The zero-order valence-corrected chi connectivity index (χ0v) is 12.9. The van der Waals surface area contributed by atoms with Gasteiger partial charge in [-0.15, -0.1) is 0 Å². The number of hydrogen-bond donors (Lipinski definition) is 1. The maximum Gasteiger partial charge on any atom is 0.0539 e. The van der Waals surface area contributed by atoms with Crippen LogP contribution in [-0.2, 0) is 20.0 Å². The van der Waals surface area contributed by atoms with Gasteiger partial charge in [-0.3, -0.25) is 4.68 Å². The topological polar surface area (TPSA) is 47.1 Å². The molecular weight excluding hydrogens is 272 g/mol. The number of aromatic nitrogens is 2. The molecule has 2 aromatic rings. The van der Waals surface area contributed by atoms with Gasteiger partial charge in [0.1, 0.15) is 0 Å². The highest BCUT2D eigenvalue weighted by molar-refractivity contribution is 6.31. The molecule has 1 aromatic heterocycles. The van der Waals surface area contributed by atoms with E-state index in [0.29, 0.717) is 0 Å². The van der Waals surface area contributed by atoms with Gasteiger partial charge in [-0.2, -0.15) is 5.10 Å². The molecule has 0 saturated carbocycles. The van der Waals surface area contributed by atoms with Crippen molar-refractivity contribution in [2.75, 3.05) is 11.9 Å². The number of anilines is 1. The third-order valence-corrected chi connectivity index (χ3v) is 3.56. The van der Waals surface area contributed by atoms with Crippen LogP contribution in [0.1, 0.15) is 18.1 Å². The van der Waals surface area contributed by atoms with Crippen LogP contribution >= 0.6 is 11.6 Å². The smallest absolute Gasteiger partial charge is 0.0539 e. The van der Waals surface area contributed by atoms with Crippen molar-refractivity contribution < 1.29 is 0 Å². The van der Waals surface area contributed by atoms with Gasteiger partial charge in [0.25, 0.3) is 0 Å². The fraction of sp³-hybridized carbons (Fsp3) is 0.400. The first-order valence-electron chi connectivity index (χ1n) is 6.69. The summed E-state index contributed by atoms with van der Waals surface area (Å²) in [7, 11) is 3.98. The van der Waals surface area contributed by atoms with Gasteiger partial charge in [-0.05, 0) is 31.0 Å². The molecular formula is C15H21ClN4. The number of halogens is 1. The molecule has 0 aliphatic heterocycles. The summed E-state index contributed by atoms with van der Waals surface area (Å²) in [6, 6.07) is 6.06. The predicted octanol–water partition coefficient (Wildman–Crippen LogP) is 2.60. The van der Waals surface area contributed by atoms with E-state index in [4.69, 9.17) is 17.3 Å². The first-order chi connectivity index (χ1) is 9.47. The molecule has 0 radical (unpaired) electrons. The lowest BCUT2D eigenvalue weighted by molar-refractivity contribution is 0.734. The predicted molar refractivity (Wildman–Crippen MR) is 84.1 cm³/mol. The number of rotatable bonds is 5. The van der Waals surface area contributed by atoms with Crippen LogP contribution in [-0.4, -0.2) is 22.9 Å². The number of nitrogens with two attached hydrogens (primary N) is 1. The zero-order valence-electron chi connectivity index (χ0n) is 12.2. The normalized spacial score (nSPS) is 12.4. The molecule has 2 rings (SSSR count). The van der Waals surface area contributed by atoms with E-state index in [-0.39, 0.29) is 6.04 Å². The van der Waals surface area contributed by atoms with Crippen LogP contribution < -0.4 is 10.6 Å². The summed E-state index contributed by atoms with van der Waals surface area (Å²) in [5.41, 5.74) is 9.33. The van der Waals surface area contributed by atoms with Gasteiger partial charge in [-0.1, -0.05) is 17.7 Å². The van der Waals surface area contributed by atoms with Gasteiger partial charge >= 0.3 is 0 Å². The van der Waals surface area contributed by atoms with E-state index < -0.39 is 0 Å². The molecule has 0 spiro atoms. The number of aryl methyl sites for hydroxylation is 1. The largest absolute Gasteiger partial charge is 0.370 e. The fourth-order valence-electron chi connectivity index (χ4n) is 2.34. The SMILES string of the molecule is CC(N)Cc1c(Cl)cccc1N(C)Cc1cnn(C)c1. The van der Waals surface area contributed by atoms with E-state index in [1.165, 1.54) is 5.56 Å². The summed E-state index contributed by atoms with van der Waals surface area (Å²) in [6.45, 7) is 2.79. The number of hydrogen-bond acceptors (Lipinski definition) is 3. The van der Waals surface area contributed by atoms with Gasteiger partial charge in [-0.25, -0.2) is 0 Å². The Morgan fingerprint density at radius 3 is 2.80 bits per heavy atom. The minimum Gasteiger partial charge on any atom is -0.370 e. The second-order valence-electron chi connectivity index (χ2n) is 5.30. The molecule has 1 unspecified atom stereocenters. The van der Waals surface area contributed by atoms with Crippen molar-refractivity contribution in [1.82, 2.24) is 9.78 Å². The van der Waals surface area contributed by atoms with Gasteiger partial charge in [0.15, 0.2) is 0 Å². The number of nitrogens with zero attached hydrogens (tertiary/aromatic N) is 3. The minimum atomic E-state index is 0.0837. The Bertz CT molecular complexity index is 577. The summed E-state index contributed by atoms with van der Waals surface area (Å²) < 4.78 is 1.81. The molecule has 108 valence electrons. The van der Waals surface area contributed by atoms with E-state index >= 15 is 0 Å². The molecule has 0 saturated heterocycles. The van der Waals surface area contributed by atoms with Crippen molar-refractivity contribution >= 4 is 17.3 Å². The molecule has 20 heavy (non-hydrogen) atoms. The molecule has 5 heteroatoms. The molecule has 0 aliphatic carbocycles. The minimum absolute atomic E-state index is 0.0837. The quantitative estimate of drug-likeness (QED) is 0.921. The van der Waals surface area contributed by atoms with Crippen molar-refractivity contribution in [3.8, 4) is 0 Å². The van der Waals surface area contributed by atoms with Gasteiger partial charge in [0.05, 0.1) is 6.20 Å². The lowest BCUT2D eigenvalue weighted by atomic mass is 10.0. The second kappa shape index (κ2) is 6.29. The van der Waals surface area contributed by atoms with Crippen LogP contribution in [0.4, 0.5) is 5.69 Å². The molecule has 1 heterocycles. The fourth-order valence-corrected chi connectivity index (χ4v) is 2.59. The standard InChI is InChI=1S/C15H21ClN4/c1-11(17)7-13-14(16)5-4-6-15(13)19(2)9-12-8-18-20(3)10-12/h4-6,8,10-11H,7,9,17H2,1-3H3. The number of benzene rings is 1. The third-order valence-electron chi connectivity index (χ3n) is 3.21. The van der Waals surface area contributed by atoms with Crippen molar-refractivity contribution in [2.45, 2.75) is 25.9 Å². The lowest BCUT2D eigenvalue weighted by Gasteiger charge is -2.23. The van der Waals surface area contributed by atoms with Crippen molar-refractivity contribution in [3.63, 3.8) is 0 Å². The van der Waals surface area contributed by atoms with E-state index in [2.05, 4.69) is 23.1 Å². The maximum atomic E-state index is 6.33. The molecule has 1 aromatic carbocycles. The van der Waals surface area contributed by atoms with E-state index in [1.54, 1.807) is 0 Å². The summed E-state index contributed by atoms with van der Waals surface area (Å²) in [4.78, 5) is 2.18. The Labute approximate surface area is 125 Å². The van der Waals surface area contributed by atoms with Crippen molar-refractivity contribution in [2.24, 2.45) is 12.8 Å². The Morgan fingerprint density at radius 2 is 2.20 bits per heavy atom. The Kier molecular flexibility index (Phi) is 4.68. The second-order valence-corrected chi connectivity index (χ2v) is 5.70. The van der Waals surface area contributed by atoms with Gasteiger partial charge in [0, 0.05) is 49.2 Å². The average Bonchev–Trinajstić information content (AvgIpc) is 2.76. The molecule has 0 aliphatic rings. The first kappa shape index (κ1) is 14.9. The van der Waals surface area contributed by atoms with Crippen LogP contribution in [0.2, 0.25) is 5.02 Å². The molecule has 1 atom stereocenters. The Hall–Kier alpha value is -1.52. The summed E-state index contributed by atoms with van der Waals surface area (Å²) in [5, 5.41) is 4.97. The van der Waals surface area contributed by atoms with E-state index in [0.717, 1.165) is 29.2 Å². The van der Waals surface area contributed by atoms with Crippen LogP contribution in [0.3, 0.4) is 0 Å². The lowest BCUT2D eigenvalue weighted by Crippen LogP contribution is -2.22. The first-order valence-corrected chi connectivity index (χ1v) is 7.07. The average molecular weight is 293 g/mol. The highest BCUT2D eigenvalue weighted by atomic mass is 35.5. The highest BCUT2D eigenvalue weighted by Gasteiger charge is 2.13. The van der Waals surface area contributed by atoms with Gasteiger partial charge in [0.2, 0.25) is 0 Å². The van der Waals surface area contributed by atoms with Crippen molar-refractivity contribution in [3.05, 3.63) is 46.7 Å². The molecule has 4 nitrogen and oxygen atoms in total. The molecule has 0 bridgehead atoms. The monoisotopic (exact) mass is 292 g/mol. The highest BCUT2D eigenvalue weighted by Crippen LogP contribution is 2.28. The summed E-state index contributed by atoms with van der Waals surface area (Å²) in [5.74, 6) is 0. The van der Waals surface area contributed by atoms with Crippen molar-refractivity contribution in [1.29, 1.82) is 0 Å². The molecule has 2 N–H and O–H groups in total. The molecule has 0 fully saturated rings. The third kappa shape index (κ3) is 3.52. The van der Waals surface area contributed by atoms with Crippen LogP contribution in [0.5, 0.6) is 0 Å². The van der Waals surface area contributed by atoms with E-state index in [1.807, 2.05) is 43.2 Å². The van der Waals surface area contributed by atoms with Gasteiger partial charge < -0.3 is 10.6 Å².